The third-order valence-corrected chi connectivity index (χ3v) is 8.74. The van der Waals surface area contributed by atoms with E-state index in [1.165, 1.54) is 5.69 Å². The number of benzene rings is 1. The normalized spacial score (nSPS) is 17.7. The van der Waals surface area contributed by atoms with Crippen LogP contribution in [0.5, 0.6) is 5.75 Å². The first-order valence-electron chi connectivity index (χ1n) is 14.9. The average Bonchev–Trinajstić information content (AvgIpc) is 3.35. The molecule has 4 aromatic heterocycles. The number of carboxylic acids is 1. The van der Waals surface area contributed by atoms with Crippen molar-refractivity contribution in [1.29, 1.82) is 0 Å². The van der Waals surface area contributed by atoms with E-state index in [9.17, 15) is 15.0 Å². The molecule has 2 fully saturated rings. The van der Waals surface area contributed by atoms with Crippen LogP contribution >= 0.6 is 0 Å². The standard InChI is InChI=1S/C33H34N6O4/c1-18(2)31(33(41)42)30-15-24(37-43-30)21-12-19(3)32(34-16-21)38-11-10-20(17-38)27-14-26-28(39(27)22-8-9-22)13-25(35-36-26)23-6-4-5-7-29(23)40/h4-7,12-16,18,20,22,31,40H,8-11,17H2,1-3H3,(H,41,42)/t20-,31?/m0/s1. The summed E-state index contributed by atoms with van der Waals surface area (Å²) >= 11 is 0. The lowest BCUT2D eigenvalue weighted by Gasteiger charge is -2.21. The van der Waals surface area contributed by atoms with Crippen LogP contribution in [0.15, 0.2) is 59.3 Å². The summed E-state index contributed by atoms with van der Waals surface area (Å²) in [6, 6.07) is 15.7. The number of phenolic OH excluding ortho intramolecular Hbond substituents is 1. The number of fused-ring (bicyclic) bond motifs is 1. The smallest absolute Gasteiger partial charge is 0.314 e. The molecule has 10 heteroatoms. The Bertz CT molecular complexity index is 1840. The van der Waals surface area contributed by atoms with Crippen molar-refractivity contribution < 1.29 is 19.5 Å². The number of pyridine rings is 1. The Morgan fingerprint density at radius 3 is 2.58 bits per heavy atom. The van der Waals surface area contributed by atoms with Gasteiger partial charge in [-0.1, -0.05) is 31.1 Å². The number of aryl methyl sites for hydroxylation is 1. The predicted molar refractivity (Wildman–Crippen MR) is 162 cm³/mol. The van der Waals surface area contributed by atoms with E-state index in [-0.39, 0.29) is 11.7 Å². The fraction of sp³-hybridized carbons (Fsp3) is 0.364. The minimum Gasteiger partial charge on any atom is -0.507 e. The highest BCUT2D eigenvalue weighted by atomic mass is 16.5. The van der Waals surface area contributed by atoms with Crippen LogP contribution in [-0.4, -0.2) is 54.2 Å². The second kappa shape index (κ2) is 10.5. The molecule has 1 unspecified atom stereocenters. The molecular weight excluding hydrogens is 544 g/mol. The minimum atomic E-state index is -0.922. The van der Waals surface area contributed by atoms with Gasteiger partial charge in [-0.05, 0) is 68.0 Å². The number of para-hydroxylation sites is 1. The van der Waals surface area contributed by atoms with Crippen molar-refractivity contribution in [2.75, 3.05) is 18.0 Å². The second-order valence-corrected chi connectivity index (χ2v) is 12.2. The molecule has 1 aliphatic carbocycles. The molecule has 5 aromatic rings. The first kappa shape index (κ1) is 27.1. The lowest BCUT2D eigenvalue weighted by molar-refractivity contribution is -0.140. The molecule has 1 saturated heterocycles. The highest BCUT2D eigenvalue weighted by Gasteiger charge is 2.34. The van der Waals surface area contributed by atoms with Crippen molar-refractivity contribution in [2.24, 2.45) is 5.92 Å². The summed E-state index contributed by atoms with van der Waals surface area (Å²) in [7, 11) is 0. The lowest BCUT2D eigenvalue weighted by Crippen LogP contribution is -2.22. The Morgan fingerprint density at radius 2 is 1.86 bits per heavy atom. The van der Waals surface area contributed by atoms with Gasteiger partial charge < -0.3 is 24.2 Å². The number of nitrogens with zero attached hydrogens (tertiary/aromatic N) is 6. The first-order valence-corrected chi connectivity index (χ1v) is 14.9. The molecule has 10 nitrogen and oxygen atoms in total. The average molecular weight is 579 g/mol. The molecule has 0 bridgehead atoms. The van der Waals surface area contributed by atoms with E-state index >= 15 is 0 Å². The van der Waals surface area contributed by atoms with Gasteiger partial charge in [-0.3, -0.25) is 4.79 Å². The predicted octanol–water partition coefficient (Wildman–Crippen LogP) is 6.32. The van der Waals surface area contributed by atoms with Crippen LogP contribution in [0.4, 0.5) is 5.82 Å². The summed E-state index contributed by atoms with van der Waals surface area (Å²) in [5.41, 5.74) is 7.00. The van der Waals surface area contributed by atoms with E-state index in [1.54, 1.807) is 24.4 Å². The second-order valence-electron chi connectivity index (χ2n) is 12.2. The number of carbonyl (C=O) groups is 1. The highest BCUT2D eigenvalue weighted by Crippen LogP contribution is 2.44. The van der Waals surface area contributed by atoms with Crippen LogP contribution < -0.4 is 4.90 Å². The van der Waals surface area contributed by atoms with E-state index in [2.05, 4.69) is 37.0 Å². The molecule has 43 heavy (non-hydrogen) atoms. The molecule has 1 saturated carbocycles. The molecule has 0 radical (unpaired) electrons. The van der Waals surface area contributed by atoms with Gasteiger partial charge in [0.1, 0.15) is 28.7 Å². The maximum Gasteiger partial charge on any atom is 0.314 e. The van der Waals surface area contributed by atoms with Crippen LogP contribution in [0.2, 0.25) is 0 Å². The molecule has 5 heterocycles. The Balaban J connectivity index is 1.14. The molecule has 1 aliphatic heterocycles. The molecule has 2 N–H and O–H groups in total. The fourth-order valence-corrected chi connectivity index (χ4v) is 6.45. The van der Waals surface area contributed by atoms with Crippen molar-refractivity contribution in [1.82, 2.24) is 24.9 Å². The van der Waals surface area contributed by atoms with Crippen LogP contribution in [-0.2, 0) is 4.79 Å². The number of aromatic nitrogens is 5. The quantitative estimate of drug-likeness (QED) is 0.217. The first-order chi connectivity index (χ1) is 20.8. The minimum absolute atomic E-state index is 0.117. The maximum atomic E-state index is 11.7. The van der Waals surface area contributed by atoms with Crippen LogP contribution in [0.25, 0.3) is 33.5 Å². The molecule has 7 rings (SSSR count). The SMILES string of the molecule is Cc1cc(-c2cc(C(C(=O)O)C(C)C)on2)cnc1N1CC[C@H](c2cc3nnc(-c4ccccc4O)cc3n2C2CC2)C1. The molecule has 220 valence electrons. The molecular formula is C33H34N6O4. The lowest BCUT2D eigenvalue weighted by atomic mass is 9.93. The summed E-state index contributed by atoms with van der Waals surface area (Å²) in [4.78, 5) is 18.9. The number of hydrogen-bond donors (Lipinski definition) is 2. The number of aromatic hydroxyl groups is 1. The molecule has 0 amide bonds. The van der Waals surface area contributed by atoms with Gasteiger partial charge in [0.2, 0.25) is 0 Å². The zero-order valence-corrected chi connectivity index (χ0v) is 24.4. The summed E-state index contributed by atoms with van der Waals surface area (Å²) in [5, 5.41) is 33.2. The Labute approximate surface area is 249 Å². The summed E-state index contributed by atoms with van der Waals surface area (Å²) in [6.07, 6.45) is 5.10. The third-order valence-electron chi connectivity index (χ3n) is 8.74. The van der Waals surface area contributed by atoms with Gasteiger partial charge >= 0.3 is 5.97 Å². The van der Waals surface area contributed by atoms with Crippen LogP contribution in [0.3, 0.4) is 0 Å². The molecule has 1 aromatic carbocycles. The maximum absolute atomic E-state index is 11.7. The van der Waals surface area contributed by atoms with Crippen molar-refractivity contribution in [3.63, 3.8) is 0 Å². The highest BCUT2D eigenvalue weighted by molar-refractivity contribution is 5.82. The van der Waals surface area contributed by atoms with Crippen molar-refractivity contribution in [3.05, 3.63) is 71.7 Å². The van der Waals surface area contributed by atoms with Gasteiger partial charge in [-0.25, -0.2) is 4.98 Å². The van der Waals surface area contributed by atoms with Crippen LogP contribution in [0, 0.1) is 12.8 Å². The van der Waals surface area contributed by atoms with E-state index < -0.39 is 11.9 Å². The van der Waals surface area contributed by atoms with Crippen molar-refractivity contribution in [3.8, 4) is 28.3 Å². The van der Waals surface area contributed by atoms with E-state index in [1.807, 2.05) is 39.0 Å². The van der Waals surface area contributed by atoms with E-state index in [4.69, 9.17) is 9.51 Å². The monoisotopic (exact) mass is 578 g/mol. The van der Waals surface area contributed by atoms with Gasteiger partial charge in [0.25, 0.3) is 0 Å². The molecule has 2 aliphatic rings. The largest absolute Gasteiger partial charge is 0.507 e. The number of anilines is 1. The van der Waals surface area contributed by atoms with Crippen LogP contribution in [0.1, 0.15) is 68.0 Å². The fourth-order valence-electron chi connectivity index (χ4n) is 6.45. The van der Waals surface area contributed by atoms with Gasteiger partial charge in [0, 0.05) is 54.1 Å². The number of carboxylic acid groups (broad SMARTS) is 1. The Hall–Kier alpha value is -4.73. The number of hydrogen-bond acceptors (Lipinski definition) is 8. The molecule has 2 atom stereocenters. The zero-order valence-electron chi connectivity index (χ0n) is 24.4. The van der Waals surface area contributed by atoms with Gasteiger partial charge in [0.05, 0.1) is 11.2 Å². The number of aliphatic carboxylic acids is 1. The van der Waals surface area contributed by atoms with Crippen molar-refractivity contribution in [2.45, 2.75) is 57.9 Å². The Kier molecular flexibility index (Phi) is 6.64. The summed E-state index contributed by atoms with van der Waals surface area (Å²) < 4.78 is 7.90. The van der Waals surface area contributed by atoms with Gasteiger partial charge in [-0.2, -0.15) is 0 Å². The number of rotatable bonds is 8. The topological polar surface area (TPSA) is 130 Å². The summed E-state index contributed by atoms with van der Waals surface area (Å²) in [6.45, 7) is 7.50. The van der Waals surface area contributed by atoms with Gasteiger partial charge in [0.15, 0.2) is 5.76 Å². The van der Waals surface area contributed by atoms with E-state index in [0.717, 1.165) is 60.3 Å². The molecule has 0 spiro atoms. The zero-order chi connectivity index (χ0) is 29.8. The van der Waals surface area contributed by atoms with Crippen molar-refractivity contribution >= 4 is 22.8 Å². The Morgan fingerprint density at radius 1 is 1.05 bits per heavy atom. The van der Waals surface area contributed by atoms with Gasteiger partial charge in [-0.15, -0.1) is 10.2 Å². The number of phenols is 1. The van der Waals surface area contributed by atoms with E-state index in [0.29, 0.717) is 34.7 Å². The summed E-state index contributed by atoms with van der Waals surface area (Å²) in [5.74, 6) is 0.0338. The third kappa shape index (κ3) is 4.90.